The number of fused-ring (bicyclic) bond motifs is 1. The van der Waals surface area contributed by atoms with Crippen molar-refractivity contribution in [3.05, 3.63) is 65.9 Å². The third-order valence-corrected chi connectivity index (χ3v) is 4.70. The fourth-order valence-corrected chi connectivity index (χ4v) is 3.39. The number of aromatic nitrogens is 2. The fourth-order valence-electron chi connectivity index (χ4n) is 3.39. The number of methoxy groups -OCH3 is 2. The third kappa shape index (κ3) is 2.91. The predicted octanol–water partition coefficient (Wildman–Crippen LogP) is 3.50. The van der Waals surface area contributed by atoms with Crippen molar-refractivity contribution < 1.29 is 18.7 Å². The molecule has 1 N–H and O–H groups in total. The standard InChI is InChI=1S/C20H18FN3O3/c1-26-12-7-8-16(17(9-12)27-2)24-11-22-19-14(10-18(25)23-20(19)24)13-5-3-4-6-15(13)21/h3-9,11,14H,10H2,1-2H3,(H,23,25)/t14-/m0/s1. The summed E-state index contributed by atoms with van der Waals surface area (Å²) >= 11 is 0. The van der Waals surface area contributed by atoms with Gasteiger partial charge in [-0.3, -0.25) is 9.36 Å². The lowest BCUT2D eigenvalue weighted by Crippen LogP contribution is -2.25. The second-order valence-corrected chi connectivity index (χ2v) is 6.21. The Hall–Kier alpha value is -3.35. The van der Waals surface area contributed by atoms with Gasteiger partial charge in [-0.1, -0.05) is 18.2 Å². The molecule has 27 heavy (non-hydrogen) atoms. The summed E-state index contributed by atoms with van der Waals surface area (Å²) in [6.45, 7) is 0. The Morgan fingerprint density at radius 3 is 2.74 bits per heavy atom. The maximum atomic E-state index is 14.3. The Morgan fingerprint density at radius 2 is 2.00 bits per heavy atom. The van der Waals surface area contributed by atoms with Crippen LogP contribution in [0, 0.1) is 5.82 Å². The van der Waals surface area contributed by atoms with E-state index >= 15 is 0 Å². The normalized spacial score (nSPS) is 15.8. The Morgan fingerprint density at radius 1 is 1.19 bits per heavy atom. The molecule has 0 spiro atoms. The molecule has 0 unspecified atom stereocenters. The van der Waals surface area contributed by atoms with Crippen molar-refractivity contribution in [2.45, 2.75) is 12.3 Å². The molecule has 6 nitrogen and oxygen atoms in total. The van der Waals surface area contributed by atoms with E-state index in [-0.39, 0.29) is 18.1 Å². The first kappa shape index (κ1) is 17.1. The molecule has 0 saturated heterocycles. The first-order chi connectivity index (χ1) is 13.1. The monoisotopic (exact) mass is 367 g/mol. The van der Waals surface area contributed by atoms with Crippen molar-refractivity contribution in [1.82, 2.24) is 9.55 Å². The molecule has 0 radical (unpaired) electrons. The average molecular weight is 367 g/mol. The molecule has 1 aliphatic rings. The Kier molecular flexibility index (Phi) is 4.27. The van der Waals surface area contributed by atoms with Crippen molar-refractivity contribution in [2.24, 2.45) is 0 Å². The number of amides is 1. The van der Waals surface area contributed by atoms with Crippen LogP contribution >= 0.6 is 0 Å². The maximum Gasteiger partial charge on any atom is 0.226 e. The molecule has 0 aliphatic carbocycles. The maximum absolute atomic E-state index is 14.3. The molecule has 0 saturated carbocycles. The van der Waals surface area contributed by atoms with E-state index in [0.717, 1.165) is 0 Å². The van der Waals surface area contributed by atoms with Crippen LogP contribution in [0.15, 0.2) is 48.8 Å². The van der Waals surface area contributed by atoms with Gasteiger partial charge in [0.25, 0.3) is 0 Å². The molecule has 138 valence electrons. The van der Waals surface area contributed by atoms with E-state index in [9.17, 15) is 9.18 Å². The minimum Gasteiger partial charge on any atom is -0.497 e. The molecule has 1 amide bonds. The highest BCUT2D eigenvalue weighted by atomic mass is 19.1. The first-order valence-corrected chi connectivity index (χ1v) is 8.46. The molecule has 2 heterocycles. The molecule has 0 fully saturated rings. The van der Waals surface area contributed by atoms with Crippen LogP contribution in [0.1, 0.15) is 23.6 Å². The van der Waals surface area contributed by atoms with Gasteiger partial charge in [0, 0.05) is 18.4 Å². The number of benzene rings is 2. The van der Waals surface area contributed by atoms with Crippen LogP contribution in [0.25, 0.3) is 5.69 Å². The van der Waals surface area contributed by atoms with Gasteiger partial charge in [0.15, 0.2) is 0 Å². The summed E-state index contributed by atoms with van der Waals surface area (Å²) in [6.07, 6.45) is 1.75. The van der Waals surface area contributed by atoms with Gasteiger partial charge in [0.1, 0.15) is 29.5 Å². The highest BCUT2D eigenvalue weighted by molar-refractivity contribution is 5.94. The predicted molar refractivity (Wildman–Crippen MR) is 98.2 cm³/mol. The summed E-state index contributed by atoms with van der Waals surface area (Å²) < 4.78 is 26.8. The molecular weight excluding hydrogens is 349 g/mol. The van der Waals surface area contributed by atoms with Gasteiger partial charge in [-0.2, -0.15) is 0 Å². The fraction of sp³-hybridized carbons (Fsp3) is 0.200. The highest BCUT2D eigenvalue weighted by Gasteiger charge is 2.32. The molecule has 7 heteroatoms. The van der Waals surface area contributed by atoms with E-state index in [4.69, 9.17) is 9.47 Å². The van der Waals surface area contributed by atoms with Crippen LogP contribution in [0.5, 0.6) is 11.5 Å². The summed E-state index contributed by atoms with van der Waals surface area (Å²) in [5.41, 5.74) is 1.78. The van der Waals surface area contributed by atoms with Crippen molar-refractivity contribution in [3.8, 4) is 17.2 Å². The second kappa shape index (κ2) is 6.75. The first-order valence-electron chi connectivity index (χ1n) is 8.46. The Bertz CT molecular complexity index is 1020. The zero-order valence-electron chi connectivity index (χ0n) is 14.9. The van der Waals surface area contributed by atoms with Crippen LogP contribution < -0.4 is 14.8 Å². The average Bonchev–Trinajstić information content (AvgIpc) is 3.10. The summed E-state index contributed by atoms with van der Waals surface area (Å²) in [6, 6.07) is 11.8. The summed E-state index contributed by atoms with van der Waals surface area (Å²) in [7, 11) is 3.13. The molecular formula is C20H18FN3O3. The largest absolute Gasteiger partial charge is 0.497 e. The topological polar surface area (TPSA) is 65.4 Å². The smallest absolute Gasteiger partial charge is 0.226 e. The Balaban J connectivity index is 1.84. The number of rotatable bonds is 4. The molecule has 3 aromatic rings. The zero-order valence-corrected chi connectivity index (χ0v) is 14.9. The minimum atomic E-state index is -0.444. The number of anilines is 1. The number of nitrogens with zero attached hydrogens (tertiary/aromatic N) is 2. The number of carbonyl (C=O) groups is 1. The van der Waals surface area contributed by atoms with Crippen LogP contribution in [0.3, 0.4) is 0 Å². The quantitative estimate of drug-likeness (QED) is 0.766. The summed E-state index contributed by atoms with van der Waals surface area (Å²) in [4.78, 5) is 16.8. The minimum absolute atomic E-state index is 0.144. The summed E-state index contributed by atoms with van der Waals surface area (Å²) in [5.74, 6) is 0.753. The van der Waals surface area contributed by atoms with Crippen molar-refractivity contribution in [3.63, 3.8) is 0 Å². The third-order valence-electron chi connectivity index (χ3n) is 4.70. The van der Waals surface area contributed by atoms with E-state index in [1.54, 1.807) is 55.4 Å². The van der Waals surface area contributed by atoms with Crippen molar-refractivity contribution >= 4 is 11.7 Å². The zero-order chi connectivity index (χ0) is 19.0. The number of imidazole rings is 1. The number of ether oxygens (including phenoxy) is 2. The van der Waals surface area contributed by atoms with E-state index in [1.165, 1.54) is 6.07 Å². The van der Waals surface area contributed by atoms with Crippen molar-refractivity contribution in [2.75, 3.05) is 19.5 Å². The summed E-state index contributed by atoms with van der Waals surface area (Å²) in [5, 5.41) is 2.86. The van der Waals surface area contributed by atoms with Crippen molar-refractivity contribution in [1.29, 1.82) is 0 Å². The SMILES string of the molecule is COc1ccc(-n2cnc3c2NC(=O)C[C@H]3c2ccccc2F)c(OC)c1. The van der Waals surface area contributed by atoms with Crippen LogP contribution in [-0.2, 0) is 4.79 Å². The van der Waals surface area contributed by atoms with E-state index < -0.39 is 5.92 Å². The van der Waals surface area contributed by atoms with Gasteiger partial charge in [-0.05, 0) is 23.8 Å². The van der Waals surface area contributed by atoms with Crippen LogP contribution in [0.2, 0.25) is 0 Å². The van der Waals surface area contributed by atoms with Gasteiger partial charge < -0.3 is 14.8 Å². The second-order valence-electron chi connectivity index (χ2n) is 6.21. The highest BCUT2D eigenvalue weighted by Crippen LogP contribution is 2.39. The number of halogens is 1. The lowest BCUT2D eigenvalue weighted by Gasteiger charge is -2.24. The Labute approximate surface area is 155 Å². The molecule has 1 aromatic heterocycles. The van der Waals surface area contributed by atoms with Gasteiger partial charge in [-0.25, -0.2) is 9.37 Å². The van der Waals surface area contributed by atoms with E-state index in [0.29, 0.717) is 34.3 Å². The lowest BCUT2D eigenvalue weighted by molar-refractivity contribution is -0.116. The number of hydrogen-bond acceptors (Lipinski definition) is 4. The molecule has 0 bridgehead atoms. The van der Waals surface area contributed by atoms with Crippen LogP contribution in [-0.4, -0.2) is 29.7 Å². The van der Waals surface area contributed by atoms with E-state index in [1.807, 2.05) is 6.07 Å². The number of nitrogens with one attached hydrogen (secondary N) is 1. The molecule has 1 atom stereocenters. The molecule has 1 aliphatic heterocycles. The number of carbonyl (C=O) groups excluding carboxylic acids is 1. The van der Waals surface area contributed by atoms with Crippen LogP contribution in [0.4, 0.5) is 10.2 Å². The van der Waals surface area contributed by atoms with E-state index in [2.05, 4.69) is 10.3 Å². The van der Waals surface area contributed by atoms with Gasteiger partial charge in [-0.15, -0.1) is 0 Å². The molecule has 2 aromatic carbocycles. The van der Waals surface area contributed by atoms with Gasteiger partial charge in [0.2, 0.25) is 5.91 Å². The van der Waals surface area contributed by atoms with Gasteiger partial charge in [0.05, 0.1) is 25.6 Å². The molecule has 4 rings (SSSR count). The number of hydrogen-bond donors (Lipinski definition) is 1. The van der Waals surface area contributed by atoms with Gasteiger partial charge >= 0.3 is 0 Å². The lowest BCUT2D eigenvalue weighted by atomic mass is 9.89.